The molecule has 0 unspecified atom stereocenters. The van der Waals surface area contributed by atoms with Crippen LogP contribution in [0.25, 0.3) is 6.08 Å². The Morgan fingerprint density at radius 2 is 1.84 bits per heavy atom. The van der Waals surface area contributed by atoms with E-state index in [4.69, 9.17) is 9.47 Å². The van der Waals surface area contributed by atoms with E-state index in [0.29, 0.717) is 13.2 Å². The number of nitrogens with one attached hydrogen (secondary N) is 2. The molecule has 0 saturated heterocycles. The molecule has 3 amide bonds. The van der Waals surface area contributed by atoms with Crippen molar-refractivity contribution in [3.63, 3.8) is 0 Å². The van der Waals surface area contributed by atoms with E-state index in [2.05, 4.69) is 10.6 Å². The molecule has 0 radical (unpaired) electrons. The molecule has 1 aromatic carbocycles. The Morgan fingerprint density at radius 3 is 2.48 bits per heavy atom. The molecule has 0 spiro atoms. The van der Waals surface area contributed by atoms with E-state index in [1.165, 1.54) is 6.08 Å². The Kier molecular flexibility index (Phi) is 9.43. The number of esters is 1. The molecule has 0 aliphatic heterocycles. The molecule has 0 atom stereocenters. The standard InChI is InChI=1S/C18H24N2O5/c1-3-5-12-19-18(23)20-16(21)13-25-17(22)11-8-14-6-9-15(10-7-14)24-4-2/h6-11H,3-5,12-13H2,1-2H3,(H2,19,20,21,23)/b11-8+. The summed E-state index contributed by atoms with van der Waals surface area (Å²) < 4.78 is 10.1. The maximum atomic E-state index is 11.6. The van der Waals surface area contributed by atoms with Crippen LogP contribution in [0.5, 0.6) is 5.75 Å². The van der Waals surface area contributed by atoms with Crippen LogP contribution in [0.4, 0.5) is 4.79 Å². The molecule has 7 heteroatoms. The van der Waals surface area contributed by atoms with Crippen molar-refractivity contribution < 1.29 is 23.9 Å². The highest BCUT2D eigenvalue weighted by Gasteiger charge is 2.09. The van der Waals surface area contributed by atoms with Crippen molar-refractivity contribution in [2.75, 3.05) is 19.8 Å². The van der Waals surface area contributed by atoms with Crippen molar-refractivity contribution in [1.82, 2.24) is 10.6 Å². The van der Waals surface area contributed by atoms with Crippen LogP contribution in [-0.4, -0.2) is 37.7 Å². The molecule has 2 N–H and O–H groups in total. The lowest BCUT2D eigenvalue weighted by molar-refractivity contribution is -0.143. The lowest BCUT2D eigenvalue weighted by atomic mass is 10.2. The predicted molar refractivity (Wildman–Crippen MR) is 94.1 cm³/mol. The number of carbonyl (C=O) groups is 3. The second-order valence-corrected chi connectivity index (χ2v) is 5.10. The van der Waals surface area contributed by atoms with E-state index in [1.54, 1.807) is 30.3 Å². The largest absolute Gasteiger partial charge is 0.494 e. The van der Waals surface area contributed by atoms with Gasteiger partial charge in [0.05, 0.1) is 6.61 Å². The third kappa shape index (κ3) is 9.14. The van der Waals surface area contributed by atoms with Crippen molar-refractivity contribution >= 4 is 24.0 Å². The van der Waals surface area contributed by atoms with Crippen LogP contribution in [0, 0.1) is 0 Å². The Hall–Kier alpha value is -2.83. The highest BCUT2D eigenvalue weighted by molar-refractivity contribution is 5.96. The van der Waals surface area contributed by atoms with Crippen LogP contribution >= 0.6 is 0 Å². The molecular formula is C18H24N2O5. The smallest absolute Gasteiger partial charge is 0.331 e. The summed E-state index contributed by atoms with van der Waals surface area (Å²) in [6.45, 7) is 4.44. The molecule has 0 saturated carbocycles. The number of unbranched alkanes of at least 4 members (excludes halogenated alkanes) is 1. The van der Waals surface area contributed by atoms with Gasteiger partial charge in [-0.2, -0.15) is 0 Å². The number of benzene rings is 1. The highest BCUT2D eigenvalue weighted by atomic mass is 16.5. The van der Waals surface area contributed by atoms with Crippen LogP contribution in [0.2, 0.25) is 0 Å². The van der Waals surface area contributed by atoms with Crippen molar-refractivity contribution in [3.8, 4) is 5.75 Å². The summed E-state index contributed by atoms with van der Waals surface area (Å²) in [5.74, 6) is -0.608. The summed E-state index contributed by atoms with van der Waals surface area (Å²) >= 11 is 0. The Bertz CT molecular complexity index is 596. The SMILES string of the molecule is CCCCNC(=O)NC(=O)COC(=O)/C=C/c1ccc(OCC)cc1. The first-order valence-corrected chi connectivity index (χ1v) is 8.20. The molecule has 0 aliphatic carbocycles. The number of rotatable bonds is 9. The average molecular weight is 348 g/mol. The molecule has 1 aromatic rings. The van der Waals surface area contributed by atoms with Gasteiger partial charge in [0.15, 0.2) is 6.61 Å². The first kappa shape index (κ1) is 20.2. The van der Waals surface area contributed by atoms with Gasteiger partial charge in [0.1, 0.15) is 5.75 Å². The zero-order valence-electron chi connectivity index (χ0n) is 14.5. The van der Waals surface area contributed by atoms with Crippen molar-refractivity contribution in [1.29, 1.82) is 0 Å². The molecule has 25 heavy (non-hydrogen) atoms. The fraction of sp³-hybridized carbons (Fsp3) is 0.389. The second kappa shape index (κ2) is 11.7. The number of imide groups is 1. The summed E-state index contributed by atoms with van der Waals surface area (Å²) in [6, 6.07) is 6.57. The van der Waals surface area contributed by atoms with Crippen LogP contribution < -0.4 is 15.4 Å². The highest BCUT2D eigenvalue weighted by Crippen LogP contribution is 2.13. The minimum atomic E-state index is -0.684. The van der Waals surface area contributed by atoms with Gasteiger partial charge in [0, 0.05) is 12.6 Å². The fourth-order valence-corrected chi connectivity index (χ4v) is 1.78. The van der Waals surface area contributed by atoms with Crippen molar-refractivity contribution in [2.45, 2.75) is 26.7 Å². The molecule has 0 aromatic heterocycles. The molecule has 136 valence electrons. The number of carbonyl (C=O) groups excluding carboxylic acids is 3. The number of urea groups is 1. The van der Waals surface area contributed by atoms with Gasteiger partial charge < -0.3 is 14.8 Å². The zero-order valence-corrected chi connectivity index (χ0v) is 14.5. The zero-order chi connectivity index (χ0) is 18.5. The number of amides is 3. The third-order valence-electron chi connectivity index (χ3n) is 3.02. The summed E-state index contributed by atoms with van der Waals surface area (Å²) in [7, 11) is 0. The van der Waals surface area contributed by atoms with Crippen LogP contribution in [0.15, 0.2) is 30.3 Å². The van der Waals surface area contributed by atoms with Crippen molar-refractivity contribution in [3.05, 3.63) is 35.9 Å². The lowest BCUT2D eigenvalue weighted by Crippen LogP contribution is -2.41. The monoisotopic (exact) mass is 348 g/mol. The second-order valence-electron chi connectivity index (χ2n) is 5.10. The third-order valence-corrected chi connectivity index (χ3v) is 3.02. The first-order chi connectivity index (χ1) is 12.0. The fourth-order valence-electron chi connectivity index (χ4n) is 1.78. The maximum Gasteiger partial charge on any atom is 0.331 e. The van der Waals surface area contributed by atoms with Crippen LogP contribution in [-0.2, 0) is 14.3 Å². The molecule has 7 nitrogen and oxygen atoms in total. The molecule has 0 heterocycles. The van der Waals surface area contributed by atoms with E-state index in [9.17, 15) is 14.4 Å². The van der Waals surface area contributed by atoms with Crippen LogP contribution in [0.3, 0.4) is 0 Å². The summed E-state index contributed by atoms with van der Waals surface area (Å²) in [5, 5.41) is 4.61. The Labute approximate surface area is 147 Å². The van der Waals surface area contributed by atoms with Gasteiger partial charge in [0.2, 0.25) is 0 Å². The minimum absolute atomic E-state index is 0.486. The predicted octanol–water partition coefficient (Wildman–Crippen LogP) is 2.27. The van der Waals surface area contributed by atoms with Gasteiger partial charge in [-0.25, -0.2) is 9.59 Å². The summed E-state index contributed by atoms with van der Waals surface area (Å²) in [6.07, 6.45) is 4.54. The molecule has 0 fully saturated rings. The number of ether oxygens (including phenoxy) is 2. The first-order valence-electron chi connectivity index (χ1n) is 8.20. The van der Waals surface area contributed by atoms with E-state index < -0.39 is 24.5 Å². The van der Waals surface area contributed by atoms with Gasteiger partial charge in [-0.1, -0.05) is 25.5 Å². The van der Waals surface area contributed by atoms with E-state index >= 15 is 0 Å². The van der Waals surface area contributed by atoms with Gasteiger partial charge in [0.25, 0.3) is 5.91 Å². The normalized spacial score (nSPS) is 10.3. The van der Waals surface area contributed by atoms with Crippen LogP contribution in [0.1, 0.15) is 32.3 Å². The Morgan fingerprint density at radius 1 is 1.12 bits per heavy atom. The number of hydrogen-bond acceptors (Lipinski definition) is 5. The summed E-state index contributed by atoms with van der Waals surface area (Å²) in [5.41, 5.74) is 0.792. The molecule has 1 rings (SSSR count). The van der Waals surface area contributed by atoms with E-state index in [-0.39, 0.29) is 0 Å². The molecule has 0 bridgehead atoms. The van der Waals surface area contributed by atoms with Gasteiger partial charge in [-0.3, -0.25) is 10.1 Å². The summed E-state index contributed by atoms with van der Waals surface area (Å²) in [4.78, 5) is 34.4. The lowest BCUT2D eigenvalue weighted by Gasteiger charge is -2.06. The molecule has 0 aliphatic rings. The Balaban J connectivity index is 2.31. The quantitative estimate of drug-likeness (QED) is 0.406. The van der Waals surface area contributed by atoms with Crippen molar-refractivity contribution in [2.24, 2.45) is 0 Å². The van der Waals surface area contributed by atoms with Gasteiger partial charge in [-0.15, -0.1) is 0 Å². The van der Waals surface area contributed by atoms with Gasteiger partial charge in [-0.05, 0) is 37.1 Å². The van der Waals surface area contributed by atoms with E-state index in [1.807, 2.05) is 13.8 Å². The average Bonchev–Trinajstić information content (AvgIpc) is 2.60. The van der Waals surface area contributed by atoms with Gasteiger partial charge >= 0.3 is 12.0 Å². The number of hydrogen-bond donors (Lipinski definition) is 2. The molecular weight excluding hydrogens is 324 g/mol. The van der Waals surface area contributed by atoms with E-state index in [0.717, 1.165) is 24.2 Å². The topological polar surface area (TPSA) is 93.7 Å². The minimum Gasteiger partial charge on any atom is -0.494 e. The maximum absolute atomic E-state index is 11.6.